The first-order valence-electron chi connectivity index (χ1n) is 8.25. The van der Waals surface area contributed by atoms with Crippen molar-refractivity contribution in [2.24, 2.45) is 0 Å². The van der Waals surface area contributed by atoms with Crippen LogP contribution in [0.25, 0.3) is 0 Å². The molecule has 26 heavy (non-hydrogen) atoms. The topological polar surface area (TPSA) is 45.7 Å². The molecule has 5 nitrogen and oxygen atoms in total. The van der Waals surface area contributed by atoms with Crippen LogP contribution in [0.2, 0.25) is 15.1 Å². The molecule has 0 N–H and O–H groups in total. The zero-order chi connectivity index (χ0) is 18.5. The number of amides is 1. The Morgan fingerprint density at radius 3 is 2.46 bits per heavy atom. The predicted molar refractivity (Wildman–Crippen MR) is 105 cm³/mol. The van der Waals surface area contributed by atoms with Gasteiger partial charge in [-0.25, -0.2) is 4.98 Å². The number of halogens is 3. The Hall–Kier alpha value is -1.69. The molecule has 0 bridgehead atoms. The van der Waals surface area contributed by atoms with Crippen molar-refractivity contribution in [1.29, 1.82) is 0 Å². The van der Waals surface area contributed by atoms with Gasteiger partial charge in [-0.3, -0.25) is 4.79 Å². The van der Waals surface area contributed by atoms with Crippen LogP contribution in [-0.4, -0.2) is 48.6 Å². The third kappa shape index (κ3) is 4.93. The molecule has 0 saturated carbocycles. The molecule has 1 saturated heterocycles. The molecule has 2 heterocycles. The standard InChI is InChI=1S/C18H18Cl3N3O2/c19-13-1-4-17(22-12-13)23-6-8-24(9-7-23)18(25)5-10-26-14-2-3-15(20)16(21)11-14/h1-4,11-12H,5-10H2. The number of carbonyl (C=O) groups excluding carboxylic acids is 1. The van der Waals surface area contributed by atoms with Gasteiger partial charge in [0.1, 0.15) is 11.6 Å². The third-order valence-corrected chi connectivity index (χ3v) is 5.11. The molecule has 1 aromatic heterocycles. The van der Waals surface area contributed by atoms with E-state index >= 15 is 0 Å². The highest BCUT2D eigenvalue weighted by atomic mass is 35.5. The van der Waals surface area contributed by atoms with E-state index in [0.717, 1.165) is 18.9 Å². The number of nitrogens with zero attached hydrogens (tertiary/aromatic N) is 3. The lowest BCUT2D eigenvalue weighted by atomic mass is 10.2. The van der Waals surface area contributed by atoms with Crippen LogP contribution >= 0.6 is 34.8 Å². The fourth-order valence-corrected chi connectivity index (χ4v) is 3.12. The molecule has 2 aromatic rings. The third-order valence-electron chi connectivity index (χ3n) is 4.14. The van der Waals surface area contributed by atoms with E-state index in [2.05, 4.69) is 9.88 Å². The second kappa shape index (κ2) is 8.80. The summed E-state index contributed by atoms with van der Waals surface area (Å²) in [5, 5.41) is 1.52. The lowest BCUT2D eigenvalue weighted by Crippen LogP contribution is -2.49. The van der Waals surface area contributed by atoms with E-state index in [-0.39, 0.29) is 5.91 Å². The normalized spacial score (nSPS) is 14.4. The molecule has 0 spiro atoms. The van der Waals surface area contributed by atoms with E-state index < -0.39 is 0 Å². The molecule has 1 aromatic carbocycles. The number of piperazine rings is 1. The number of pyridine rings is 1. The SMILES string of the molecule is O=C(CCOc1ccc(Cl)c(Cl)c1)N1CCN(c2ccc(Cl)cn2)CC1. The van der Waals surface area contributed by atoms with Crippen molar-refractivity contribution >= 4 is 46.5 Å². The van der Waals surface area contributed by atoms with Crippen LogP contribution in [0, 0.1) is 0 Å². The largest absolute Gasteiger partial charge is 0.493 e. The Balaban J connectivity index is 1.43. The van der Waals surface area contributed by atoms with E-state index in [1.165, 1.54) is 0 Å². The number of carbonyl (C=O) groups is 1. The van der Waals surface area contributed by atoms with E-state index in [1.54, 1.807) is 24.4 Å². The summed E-state index contributed by atoms with van der Waals surface area (Å²) in [6.07, 6.45) is 1.95. The summed E-state index contributed by atoms with van der Waals surface area (Å²) < 4.78 is 5.58. The van der Waals surface area contributed by atoms with Crippen molar-refractivity contribution in [3.8, 4) is 5.75 Å². The number of benzene rings is 1. The van der Waals surface area contributed by atoms with Gasteiger partial charge in [-0.2, -0.15) is 0 Å². The molecule has 138 valence electrons. The molecule has 1 amide bonds. The quantitative estimate of drug-likeness (QED) is 0.737. The van der Waals surface area contributed by atoms with Crippen LogP contribution in [0.1, 0.15) is 6.42 Å². The van der Waals surface area contributed by atoms with Gasteiger partial charge < -0.3 is 14.5 Å². The van der Waals surface area contributed by atoms with Gasteiger partial charge >= 0.3 is 0 Å². The molecule has 1 aliphatic rings. The second-order valence-corrected chi connectivity index (χ2v) is 7.13. The van der Waals surface area contributed by atoms with E-state index in [1.807, 2.05) is 17.0 Å². The first-order valence-corrected chi connectivity index (χ1v) is 9.38. The number of rotatable bonds is 5. The molecule has 0 aliphatic carbocycles. The Morgan fingerprint density at radius 2 is 1.81 bits per heavy atom. The van der Waals surface area contributed by atoms with Crippen molar-refractivity contribution < 1.29 is 9.53 Å². The van der Waals surface area contributed by atoms with Gasteiger partial charge in [-0.1, -0.05) is 34.8 Å². The average Bonchev–Trinajstić information content (AvgIpc) is 2.65. The van der Waals surface area contributed by atoms with Gasteiger partial charge in [-0.05, 0) is 24.3 Å². The van der Waals surface area contributed by atoms with E-state index in [0.29, 0.717) is 46.9 Å². The summed E-state index contributed by atoms with van der Waals surface area (Å²) in [6.45, 7) is 3.11. The average molecular weight is 415 g/mol. The summed E-state index contributed by atoms with van der Waals surface area (Å²) in [5.41, 5.74) is 0. The molecular weight excluding hydrogens is 397 g/mol. The van der Waals surface area contributed by atoms with Gasteiger partial charge in [0.2, 0.25) is 5.91 Å². The fraction of sp³-hybridized carbons (Fsp3) is 0.333. The highest BCUT2D eigenvalue weighted by molar-refractivity contribution is 6.42. The lowest BCUT2D eigenvalue weighted by Gasteiger charge is -2.35. The zero-order valence-electron chi connectivity index (χ0n) is 14.0. The number of anilines is 1. The highest BCUT2D eigenvalue weighted by Gasteiger charge is 2.21. The van der Waals surface area contributed by atoms with Gasteiger partial charge in [-0.15, -0.1) is 0 Å². The molecule has 0 unspecified atom stereocenters. The van der Waals surface area contributed by atoms with Crippen LogP contribution in [-0.2, 0) is 4.79 Å². The molecule has 8 heteroatoms. The molecule has 3 rings (SSSR count). The Bertz CT molecular complexity index is 763. The molecule has 0 atom stereocenters. The number of ether oxygens (including phenoxy) is 1. The van der Waals surface area contributed by atoms with Gasteiger partial charge in [0.05, 0.1) is 28.1 Å². The lowest BCUT2D eigenvalue weighted by molar-refractivity contribution is -0.132. The van der Waals surface area contributed by atoms with Crippen molar-refractivity contribution in [3.05, 3.63) is 51.6 Å². The van der Waals surface area contributed by atoms with Crippen molar-refractivity contribution in [2.45, 2.75) is 6.42 Å². The van der Waals surface area contributed by atoms with Crippen LogP contribution < -0.4 is 9.64 Å². The van der Waals surface area contributed by atoms with Gasteiger partial charge in [0.15, 0.2) is 0 Å². The molecule has 0 radical (unpaired) electrons. The van der Waals surface area contributed by atoms with Crippen molar-refractivity contribution in [2.75, 3.05) is 37.7 Å². The van der Waals surface area contributed by atoms with Crippen LogP contribution in [0.3, 0.4) is 0 Å². The van der Waals surface area contributed by atoms with Crippen molar-refractivity contribution in [1.82, 2.24) is 9.88 Å². The second-order valence-electron chi connectivity index (χ2n) is 5.88. The first-order chi connectivity index (χ1) is 12.5. The fourth-order valence-electron chi connectivity index (χ4n) is 2.72. The van der Waals surface area contributed by atoms with Crippen molar-refractivity contribution in [3.63, 3.8) is 0 Å². The highest BCUT2D eigenvalue weighted by Crippen LogP contribution is 2.26. The van der Waals surface area contributed by atoms with Crippen LogP contribution in [0.5, 0.6) is 5.75 Å². The first kappa shape index (κ1) is 19.1. The summed E-state index contributed by atoms with van der Waals surface area (Å²) in [4.78, 5) is 20.7. The van der Waals surface area contributed by atoms with Gasteiger partial charge in [0, 0.05) is 38.4 Å². The van der Waals surface area contributed by atoms with E-state index in [4.69, 9.17) is 39.5 Å². The predicted octanol–water partition coefficient (Wildman–Crippen LogP) is 4.16. The minimum Gasteiger partial charge on any atom is -0.493 e. The van der Waals surface area contributed by atoms with Crippen LogP contribution in [0.4, 0.5) is 5.82 Å². The van der Waals surface area contributed by atoms with Crippen LogP contribution in [0.15, 0.2) is 36.5 Å². The maximum Gasteiger partial charge on any atom is 0.226 e. The Morgan fingerprint density at radius 1 is 1.04 bits per heavy atom. The number of hydrogen-bond donors (Lipinski definition) is 0. The molecular formula is C18H18Cl3N3O2. The zero-order valence-corrected chi connectivity index (χ0v) is 16.3. The van der Waals surface area contributed by atoms with Gasteiger partial charge in [0.25, 0.3) is 0 Å². The minimum atomic E-state index is 0.0776. The Labute approximate surface area is 167 Å². The summed E-state index contributed by atoms with van der Waals surface area (Å²) in [6, 6.07) is 8.76. The maximum absolute atomic E-state index is 12.3. The van der Waals surface area contributed by atoms with E-state index in [9.17, 15) is 4.79 Å². The monoisotopic (exact) mass is 413 g/mol. The smallest absolute Gasteiger partial charge is 0.226 e. The summed E-state index contributed by atoms with van der Waals surface area (Å²) in [7, 11) is 0. The number of hydrogen-bond acceptors (Lipinski definition) is 4. The maximum atomic E-state index is 12.3. The summed E-state index contributed by atoms with van der Waals surface area (Å²) >= 11 is 17.7. The molecule has 1 fully saturated rings. The Kier molecular flexibility index (Phi) is 6.46. The summed E-state index contributed by atoms with van der Waals surface area (Å²) in [5.74, 6) is 1.56. The molecule has 1 aliphatic heterocycles. The minimum absolute atomic E-state index is 0.0776. The number of aromatic nitrogens is 1.